The van der Waals surface area contributed by atoms with Gasteiger partial charge in [0.05, 0.1) is 12.8 Å². The van der Waals surface area contributed by atoms with Crippen molar-refractivity contribution < 1.29 is 9.13 Å². The van der Waals surface area contributed by atoms with Crippen molar-refractivity contribution in [3.8, 4) is 5.75 Å². The number of alkyl halides is 1. The third kappa shape index (κ3) is 4.37. The third-order valence-electron chi connectivity index (χ3n) is 2.10. The summed E-state index contributed by atoms with van der Waals surface area (Å²) in [5.74, 6) is 0.758. The average Bonchev–Trinajstić information content (AvgIpc) is 2.18. The molecule has 0 saturated heterocycles. The van der Waals surface area contributed by atoms with Crippen LogP contribution in [0.5, 0.6) is 5.75 Å². The van der Waals surface area contributed by atoms with Crippen LogP contribution >= 0.6 is 12.4 Å². The summed E-state index contributed by atoms with van der Waals surface area (Å²) < 4.78 is 17.8. The molecule has 0 aliphatic heterocycles. The third-order valence-corrected chi connectivity index (χ3v) is 2.10. The monoisotopic (exact) mass is 247 g/mol. The van der Waals surface area contributed by atoms with Gasteiger partial charge in [-0.2, -0.15) is 0 Å². The first kappa shape index (κ1) is 15.2. The first-order valence-corrected chi connectivity index (χ1v) is 5.22. The Bertz CT molecular complexity index is 307. The van der Waals surface area contributed by atoms with Gasteiger partial charge in [0.1, 0.15) is 5.75 Å². The fraction of sp³-hybridized carbons (Fsp3) is 0.500. The summed E-state index contributed by atoms with van der Waals surface area (Å²) in [6.07, 6.45) is 0.432. The summed E-state index contributed by atoms with van der Waals surface area (Å²) in [6, 6.07) is 7.25. The highest BCUT2D eigenvalue weighted by molar-refractivity contribution is 5.85. The molecule has 1 aromatic carbocycles. The molecule has 0 unspecified atom stereocenters. The molecule has 0 aliphatic carbocycles. The van der Waals surface area contributed by atoms with Crippen LogP contribution in [0.4, 0.5) is 4.39 Å². The Labute approximate surface area is 102 Å². The van der Waals surface area contributed by atoms with Crippen LogP contribution in [0.25, 0.3) is 0 Å². The molecule has 0 saturated carbocycles. The van der Waals surface area contributed by atoms with E-state index in [0.717, 1.165) is 11.3 Å². The SMILES string of the molecule is CC(C)Oc1ccccc1[C@@H](N)CCF.Cl. The van der Waals surface area contributed by atoms with Crippen LogP contribution in [-0.4, -0.2) is 12.8 Å². The van der Waals surface area contributed by atoms with Crippen LogP contribution in [0.1, 0.15) is 31.9 Å². The molecule has 1 rings (SSSR count). The molecule has 0 aliphatic rings. The topological polar surface area (TPSA) is 35.2 Å². The number of para-hydroxylation sites is 1. The van der Waals surface area contributed by atoms with Gasteiger partial charge in [-0.3, -0.25) is 4.39 Å². The lowest BCUT2D eigenvalue weighted by atomic mass is 10.0. The predicted molar refractivity (Wildman–Crippen MR) is 67.0 cm³/mol. The predicted octanol–water partition coefficient (Wildman–Crippen LogP) is 3.26. The van der Waals surface area contributed by atoms with E-state index >= 15 is 0 Å². The number of nitrogens with two attached hydrogens (primary N) is 1. The van der Waals surface area contributed by atoms with Gasteiger partial charge in [0, 0.05) is 11.6 Å². The summed E-state index contributed by atoms with van der Waals surface area (Å²) in [7, 11) is 0. The summed E-state index contributed by atoms with van der Waals surface area (Å²) >= 11 is 0. The molecule has 0 radical (unpaired) electrons. The number of hydrogen-bond donors (Lipinski definition) is 1. The van der Waals surface area contributed by atoms with Gasteiger partial charge in [0.15, 0.2) is 0 Å². The lowest BCUT2D eigenvalue weighted by Crippen LogP contribution is -2.14. The second-order valence-electron chi connectivity index (χ2n) is 3.79. The zero-order valence-corrected chi connectivity index (χ0v) is 10.5. The molecule has 0 bridgehead atoms. The Morgan fingerprint density at radius 1 is 1.31 bits per heavy atom. The van der Waals surface area contributed by atoms with Gasteiger partial charge in [-0.15, -0.1) is 12.4 Å². The van der Waals surface area contributed by atoms with Crippen molar-refractivity contribution in [1.29, 1.82) is 0 Å². The number of ether oxygens (including phenoxy) is 1. The lowest BCUT2D eigenvalue weighted by molar-refractivity contribution is 0.238. The van der Waals surface area contributed by atoms with Gasteiger partial charge < -0.3 is 10.5 Å². The van der Waals surface area contributed by atoms with Crippen LogP contribution in [-0.2, 0) is 0 Å². The molecule has 0 amide bonds. The minimum absolute atomic E-state index is 0. The maximum absolute atomic E-state index is 12.2. The number of hydrogen-bond acceptors (Lipinski definition) is 2. The van der Waals surface area contributed by atoms with Crippen LogP contribution in [0, 0.1) is 0 Å². The first-order chi connectivity index (χ1) is 7.15. The van der Waals surface area contributed by atoms with Crippen molar-refractivity contribution in [2.45, 2.75) is 32.4 Å². The molecule has 0 spiro atoms. The average molecular weight is 248 g/mol. The van der Waals surface area contributed by atoms with Crippen molar-refractivity contribution in [1.82, 2.24) is 0 Å². The molecule has 2 N–H and O–H groups in total. The number of halogens is 2. The second kappa shape index (κ2) is 7.47. The van der Waals surface area contributed by atoms with Crippen molar-refractivity contribution in [3.05, 3.63) is 29.8 Å². The van der Waals surface area contributed by atoms with Crippen molar-refractivity contribution in [2.24, 2.45) is 5.73 Å². The van der Waals surface area contributed by atoms with E-state index in [-0.39, 0.29) is 24.6 Å². The fourth-order valence-corrected chi connectivity index (χ4v) is 1.42. The first-order valence-electron chi connectivity index (χ1n) is 5.22. The van der Waals surface area contributed by atoms with Crippen molar-refractivity contribution in [2.75, 3.05) is 6.67 Å². The van der Waals surface area contributed by atoms with Gasteiger partial charge in [-0.05, 0) is 26.3 Å². The van der Waals surface area contributed by atoms with E-state index in [9.17, 15) is 4.39 Å². The van der Waals surface area contributed by atoms with E-state index in [2.05, 4.69) is 0 Å². The van der Waals surface area contributed by atoms with E-state index < -0.39 is 6.67 Å². The van der Waals surface area contributed by atoms with Crippen LogP contribution < -0.4 is 10.5 Å². The minimum atomic E-state index is -0.406. The van der Waals surface area contributed by atoms with Crippen molar-refractivity contribution >= 4 is 12.4 Å². The van der Waals surface area contributed by atoms with Crippen LogP contribution in [0.2, 0.25) is 0 Å². The Morgan fingerprint density at radius 3 is 2.50 bits per heavy atom. The molecular formula is C12H19ClFNO. The normalized spacial score (nSPS) is 12.1. The van der Waals surface area contributed by atoms with E-state index in [1.165, 1.54) is 0 Å². The van der Waals surface area contributed by atoms with Crippen molar-refractivity contribution in [3.63, 3.8) is 0 Å². The highest BCUT2D eigenvalue weighted by Crippen LogP contribution is 2.26. The van der Waals surface area contributed by atoms with Gasteiger partial charge in [-0.25, -0.2) is 0 Å². The Kier molecular flexibility index (Phi) is 7.10. The van der Waals surface area contributed by atoms with E-state index in [4.69, 9.17) is 10.5 Å². The highest BCUT2D eigenvalue weighted by atomic mass is 35.5. The molecule has 2 nitrogen and oxygen atoms in total. The molecule has 1 atom stereocenters. The Morgan fingerprint density at radius 2 is 1.94 bits per heavy atom. The van der Waals surface area contributed by atoms with Gasteiger partial charge in [0.25, 0.3) is 0 Å². The molecule has 0 aromatic heterocycles. The van der Waals surface area contributed by atoms with Gasteiger partial charge >= 0.3 is 0 Å². The Balaban J connectivity index is 0.00000225. The fourth-order valence-electron chi connectivity index (χ4n) is 1.42. The molecule has 4 heteroatoms. The van der Waals surface area contributed by atoms with E-state index in [1.807, 2.05) is 38.1 Å². The summed E-state index contributed by atoms with van der Waals surface area (Å²) in [4.78, 5) is 0. The minimum Gasteiger partial charge on any atom is -0.491 e. The maximum Gasteiger partial charge on any atom is 0.124 e. The number of rotatable bonds is 5. The van der Waals surface area contributed by atoms with Gasteiger partial charge in [0.2, 0.25) is 0 Å². The molecule has 0 fully saturated rings. The van der Waals surface area contributed by atoms with Gasteiger partial charge in [-0.1, -0.05) is 18.2 Å². The molecular weight excluding hydrogens is 229 g/mol. The molecule has 1 aromatic rings. The summed E-state index contributed by atoms with van der Waals surface area (Å²) in [5.41, 5.74) is 6.74. The summed E-state index contributed by atoms with van der Waals surface area (Å²) in [6.45, 7) is 3.51. The zero-order chi connectivity index (χ0) is 11.3. The number of benzene rings is 1. The smallest absolute Gasteiger partial charge is 0.124 e. The Hall–Kier alpha value is -0.800. The molecule has 92 valence electrons. The van der Waals surface area contributed by atoms with E-state index in [0.29, 0.717) is 6.42 Å². The van der Waals surface area contributed by atoms with E-state index in [1.54, 1.807) is 0 Å². The van der Waals surface area contributed by atoms with Crippen LogP contribution in [0.3, 0.4) is 0 Å². The second-order valence-corrected chi connectivity index (χ2v) is 3.79. The maximum atomic E-state index is 12.2. The largest absolute Gasteiger partial charge is 0.491 e. The summed E-state index contributed by atoms with van der Waals surface area (Å²) in [5, 5.41) is 0. The van der Waals surface area contributed by atoms with Crippen LogP contribution in [0.15, 0.2) is 24.3 Å². The molecule has 0 heterocycles. The standard InChI is InChI=1S/C12H18FNO.ClH/c1-9(2)15-12-6-4-3-5-10(12)11(14)7-8-13;/h3-6,9,11H,7-8,14H2,1-2H3;1H/t11-;/m0./s1. The molecule has 16 heavy (non-hydrogen) atoms. The lowest BCUT2D eigenvalue weighted by Gasteiger charge is -2.17. The zero-order valence-electron chi connectivity index (χ0n) is 9.65. The highest BCUT2D eigenvalue weighted by Gasteiger charge is 2.12. The quantitative estimate of drug-likeness (QED) is 0.867.